The van der Waals surface area contributed by atoms with Crippen molar-refractivity contribution in [2.24, 2.45) is 0 Å². The zero-order chi connectivity index (χ0) is 24.1. The number of aromatic nitrogens is 1. The molecule has 1 N–H and O–H groups in total. The number of rotatable bonds is 8. The Hall–Kier alpha value is -3.77. The molecule has 1 heterocycles. The third-order valence-corrected chi connectivity index (χ3v) is 5.88. The van der Waals surface area contributed by atoms with E-state index in [0.29, 0.717) is 29.3 Å². The van der Waals surface area contributed by atoms with Crippen molar-refractivity contribution in [2.45, 2.75) is 19.5 Å². The van der Waals surface area contributed by atoms with E-state index in [1.807, 2.05) is 66.2 Å². The van der Waals surface area contributed by atoms with Crippen LogP contribution in [-0.2, 0) is 11.3 Å². The van der Waals surface area contributed by atoms with Gasteiger partial charge in [0.15, 0.2) is 0 Å². The monoisotopic (exact) mass is 476 g/mol. The van der Waals surface area contributed by atoms with Crippen LogP contribution in [0.3, 0.4) is 0 Å². The Kier molecular flexibility index (Phi) is 7.18. The Morgan fingerprint density at radius 2 is 1.74 bits per heavy atom. The molecule has 0 aliphatic heterocycles. The lowest BCUT2D eigenvalue weighted by molar-refractivity contribution is 0.0600. The van der Waals surface area contributed by atoms with Crippen molar-refractivity contribution in [3.8, 4) is 5.75 Å². The predicted octanol–water partition coefficient (Wildman–Crippen LogP) is 5.65. The normalized spacial score (nSPS) is 11.7. The number of carbonyl (C=O) groups is 2. The Morgan fingerprint density at radius 3 is 2.44 bits per heavy atom. The maximum atomic E-state index is 13.2. The average molecular weight is 477 g/mol. The number of esters is 1. The van der Waals surface area contributed by atoms with E-state index >= 15 is 0 Å². The highest BCUT2D eigenvalue weighted by atomic mass is 35.5. The van der Waals surface area contributed by atoms with E-state index in [2.05, 4.69) is 5.32 Å². The number of hydrogen-bond acceptors (Lipinski definition) is 4. The molecule has 0 saturated carbocycles. The van der Waals surface area contributed by atoms with Crippen molar-refractivity contribution in [3.63, 3.8) is 0 Å². The molecule has 0 fully saturated rings. The predicted molar refractivity (Wildman–Crippen MR) is 133 cm³/mol. The van der Waals surface area contributed by atoms with Gasteiger partial charge >= 0.3 is 5.97 Å². The Balaban J connectivity index is 1.47. The van der Waals surface area contributed by atoms with Crippen molar-refractivity contribution in [3.05, 3.63) is 101 Å². The molecular weight excluding hydrogens is 452 g/mol. The van der Waals surface area contributed by atoms with Gasteiger partial charge < -0.3 is 19.4 Å². The van der Waals surface area contributed by atoms with Gasteiger partial charge in [-0.15, -0.1) is 0 Å². The summed E-state index contributed by atoms with van der Waals surface area (Å²) >= 11 is 5.92. The number of ether oxygens (including phenoxy) is 2. The molecule has 1 aromatic heterocycles. The molecule has 0 bridgehead atoms. The van der Waals surface area contributed by atoms with E-state index < -0.39 is 5.97 Å². The van der Waals surface area contributed by atoms with Gasteiger partial charge in [0.05, 0.1) is 36.3 Å². The van der Waals surface area contributed by atoms with E-state index in [-0.39, 0.29) is 11.9 Å². The molecule has 1 amide bonds. The molecule has 0 unspecified atom stereocenters. The number of benzene rings is 3. The molecule has 0 spiro atoms. The number of para-hydroxylation sites is 1. The number of amides is 1. The van der Waals surface area contributed by atoms with Gasteiger partial charge in [-0.2, -0.15) is 0 Å². The fraction of sp³-hybridized carbons (Fsp3) is 0.185. The number of fused-ring (bicyclic) bond motifs is 1. The van der Waals surface area contributed by atoms with Crippen LogP contribution in [0.2, 0.25) is 5.02 Å². The molecule has 174 valence electrons. The van der Waals surface area contributed by atoms with Gasteiger partial charge in [-0.3, -0.25) is 4.79 Å². The second-order valence-electron chi connectivity index (χ2n) is 7.86. The molecule has 0 aliphatic carbocycles. The van der Waals surface area contributed by atoms with E-state index in [9.17, 15) is 9.59 Å². The third-order valence-electron chi connectivity index (χ3n) is 5.63. The lowest BCUT2D eigenvalue weighted by atomic mass is 10.0. The van der Waals surface area contributed by atoms with Crippen LogP contribution >= 0.6 is 11.6 Å². The summed E-state index contributed by atoms with van der Waals surface area (Å²) in [4.78, 5) is 24.8. The minimum absolute atomic E-state index is 0.172. The topological polar surface area (TPSA) is 69.6 Å². The van der Waals surface area contributed by atoms with Crippen LogP contribution in [0.25, 0.3) is 10.9 Å². The van der Waals surface area contributed by atoms with Crippen LogP contribution in [0.1, 0.15) is 39.2 Å². The van der Waals surface area contributed by atoms with Crippen LogP contribution in [-0.4, -0.2) is 30.2 Å². The molecule has 0 radical (unpaired) electrons. The van der Waals surface area contributed by atoms with Crippen LogP contribution in [0.15, 0.2) is 79.0 Å². The van der Waals surface area contributed by atoms with Crippen LogP contribution < -0.4 is 10.1 Å². The number of methoxy groups -OCH3 is 1. The first-order valence-corrected chi connectivity index (χ1v) is 11.3. The minimum Gasteiger partial charge on any atom is -0.492 e. The van der Waals surface area contributed by atoms with Gasteiger partial charge in [0.1, 0.15) is 12.4 Å². The summed E-state index contributed by atoms with van der Waals surface area (Å²) in [6.07, 6.45) is 1.96. The summed E-state index contributed by atoms with van der Waals surface area (Å²) < 4.78 is 12.6. The number of hydrogen-bond donors (Lipinski definition) is 1. The first-order valence-electron chi connectivity index (χ1n) is 10.9. The fourth-order valence-electron chi connectivity index (χ4n) is 3.81. The van der Waals surface area contributed by atoms with Gasteiger partial charge in [-0.25, -0.2) is 4.79 Å². The quantitative estimate of drug-likeness (QED) is 0.333. The molecule has 0 saturated heterocycles. The van der Waals surface area contributed by atoms with Crippen molar-refractivity contribution in [1.29, 1.82) is 0 Å². The average Bonchev–Trinajstić information content (AvgIpc) is 3.28. The van der Waals surface area contributed by atoms with Gasteiger partial charge in [0, 0.05) is 16.6 Å². The standard InChI is InChI=1S/C27H25ClN2O4/c1-18(19-6-8-21(9-7-19)27(32)33-2)29-26(31)24-5-3-4-20-14-15-30(25(20)24)16-17-34-23-12-10-22(28)11-13-23/h3-15,18H,16-17H2,1-2H3,(H,29,31)/t18-/m0/s1. The molecule has 4 rings (SSSR count). The summed E-state index contributed by atoms with van der Waals surface area (Å²) in [5, 5.41) is 4.70. The second-order valence-corrected chi connectivity index (χ2v) is 8.30. The van der Waals surface area contributed by atoms with Crippen molar-refractivity contribution in [1.82, 2.24) is 9.88 Å². The van der Waals surface area contributed by atoms with Crippen LogP contribution in [0, 0.1) is 0 Å². The second kappa shape index (κ2) is 10.4. The maximum absolute atomic E-state index is 13.2. The van der Waals surface area contributed by atoms with E-state index in [1.54, 1.807) is 24.3 Å². The number of carbonyl (C=O) groups excluding carboxylic acids is 2. The molecule has 6 nitrogen and oxygen atoms in total. The number of nitrogens with one attached hydrogen (secondary N) is 1. The lowest BCUT2D eigenvalue weighted by Crippen LogP contribution is -2.27. The van der Waals surface area contributed by atoms with Crippen LogP contribution in [0.5, 0.6) is 5.75 Å². The Morgan fingerprint density at radius 1 is 1.00 bits per heavy atom. The first kappa shape index (κ1) is 23.4. The minimum atomic E-state index is -0.393. The third kappa shape index (κ3) is 5.24. The summed E-state index contributed by atoms with van der Waals surface area (Å²) in [5.41, 5.74) is 2.80. The highest BCUT2D eigenvalue weighted by Crippen LogP contribution is 2.23. The number of nitrogens with zero attached hydrogens (tertiary/aromatic N) is 1. The summed E-state index contributed by atoms with van der Waals surface area (Å²) in [6, 6.07) is 21.7. The summed E-state index contributed by atoms with van der Waals surface area (Å²) in [7, 11) is 1.35. The van der Waals surface area contributed by atoms with Gasteiger partial charge in [0.25, 0.3) is 5.91 Å². The molecule has 1 atom stereocenters. The Bertz CT molecular complexity index is 1300. The van der Waals surface area contributed by atoms with Crippen molar-refractivity contribution >= 4 is 34.4 Å². The first-order chi connectivity index (χ1) is 16.5. The molecule has 3 aromatic carbocycles. The maximum Gasteiger partial charge on any atom is 0.337 e. The smallest absolute Gasteiger partial charge is 0.337 e. The largest absolute Gasteiger partial charge is 0.492 e. The van der Waals surface area contributed by atoms with Gasteiger partial charge in [-0.05, 0) is 61.0 Å². The highest BCUT2D eigenvalue weighted by Gasteiger charge is 2.17. The number of halogens is 1. The molecule has 4 aromatic rings. The SMILES string of the molecule is COC(=O)c1ccc([C@H](C)NC(=O)c2cccc3ccn(CCOc4ccc(Cl)cc4)c23)cc1. The zero-order valence-corrected chi connectivity index (χ0v) is 19.7. The highest BCUT2D eigenvalue weighted by molar-refractivity contribution is 6.30. The Labute approximate surface area is 203 Å². The molecule has 7 heteroatoms. The lowest BCUT2D eigenvalue weighted by Gasteiger charge is -2.16. The zero-order valence-electron chi connectivity index (χ0n) is 19.0. The summed E-state index contributed by atoms with van der Waals surface area (Å²) in [6.45, 7) is 2.94. The van der Waals surface area contributed by atoms with Crippen LogP contribution in [0.4, 0.5) is 0 Å². The van der Waals surface area contributed by atoms with Gasteiger partial charge in [0.2, 0.25) is 0 Å². The van der Waals surface area contributed by atoms with E-state index in [0.717, 1.165) is 22.2 Å². The van der Waals surface area contributed by atoms with Crippen molar-refractivity contribution < 1.29 is 19.1 Å². The van der Waals surface area contributed by atoms with Crippen molar-refractivity contribution in [2.75, 3.05) is 13.7 Å². The van der Waals surface area contributed by atoms with E-state index in [1.165, 1.54) is 7.11 Å². The molecular formula is C27H25ClN2O4. The fourth-order valence-corrected chi connectivity index (χ4v) is 3.93. The van der Waals surface area contributed by atoms with E-state index in [4.69, 9.17) is 21.1 Å². The molecule has 34 heavy (non-hydrogen) atoms. The summed E-state index contributed by atoms with van der Waals surface area (Å²) in [5.74, 6) is 0.176. The van der Waals surface area contributed by atoms with Gasteiger partial charge in [-0.1, -0.05) is 35.9 Å². The molecule has 0 aliphatic rings.